The highest BCUT2D eigenvalue weighted by Crippen LogP contribution is 2.27. The molecule has 3 heteroatoms. The first-order chi connectivity index (χ1) is 7.66. The number of aromatic nitrogens is 1. The van der Waals surface area contributed by atoms with Crippen molar-refractivity contribution in [3.05, 3.63) is 35.3 Å². The number of aryl methyl sites for hydroxylation is 2. The smallest absolute Gasteiger partial charge is 0.147 e. The molecule has 0 saturated carbocycles. The van der Waals surface area contributed by atoms with Crippen molar-refractivity contribution in [3.63, 3.8) is 0 Å². The Morgan fingerprint density at radius 3 is 2.88 bits per heavy atom. The molecule has 2 rings (SSSR count). The molecule has 0 unspecified atom stereocenters. The van der Waals surface area contributed by atoms with Gasteiger partial charge >= 0.3 is 0 Å². The molecule has 1 aromatic carbocycles. The average molecular weight is 216 g/mol. The largest absolute Gasteiger partial charge is 0.345 e. The third-order valence-corrected chi connectivity index (χ3v) is 3.07. The van der Waals surface area contributed by atoms with E-state index in [1.54, 1.807) is 6.07 Å². The zero-order valence-corrected chi connectivity index (χ0v) is 9.42. The average Bonchev–Trinajstić information content (AvgIpc) is 2.51. The predicted molar refractivity (Wildman–Crippen MR) is 61.5 cm³/mol. The van der Waals surface area contributed by atoms with Gasteiger partial charge in [0.15, 0.2) is 0 Å². The molecule has 0 N–H and O–H groups in total. The molecular formula is C13H13FN2. The van der Waals surface area contributed by atoms with Gasteiger partial charge in [-0.05, 0) is 25.0 Å². The van der Waals surface area contributed by atoms with Crippen LogP contribution in [0.3, 0.4) is 0 Å². The van der Waals surface area contributed by atoms with Gasteiger partial charge in [-0.1, -0.05) is 12.1 Å². The number of para-hydroxylation sites is 1. The summed E-state index contributed by atoms with van der Waals surface area (Å²) < 4.78 is 15.5. The number of rotatable bonds is 2. The highest BCUT2D eigenvalue weighted by Gasteiger charge is 2.13. The third kappa shape index (κ3) is 1.47. The van der Waals surface area contributed by atoms with Gasteiger partial charge in [0.25, 0.3) is 0 Å². The minimum absolute atomic E-state index is 0.202. The predicted octanol–water partition coefficient (Wildman–Crippen LogP) is 3.08. The van der Waals surface area contributed by atoms with Crippen LogP contribution in [-0.2, 0) is 13.5 Å². The van der Waals surface area contributed by atoms with Gasteiger partial charge in [-0.25, -0.2) is 4.39 Å². The molecule has 0 saturated heterocycles. The lowest BCUT2D eigenvalue weighted by molar-refractivity contribution is 0.631. The maximum atomic E-state index is 13.7. The first-order valence-corrected chi connectivity index (χ1v) is 5.26. The second kappa shape index (κ2) is 3.97. The normalized spacial score (nSPS) is 10.6. The van der Waals surface area contributed by atoms with Gasteiger partial charge in [-0.3, -0.25) is 0 Å². The van der Waals surface area contributed by atoms with E-state index in [0.29, 0.717) is 18.4 Å². The molecule has 0 atom stereocenters. The standard InChI is InChI=1S/C13H13FN2/c1-9-10(6-4-8-15)11-5-3-7-12(14)13(11)16(9)2/h3,5,7H,4,6H2,1-2H3. The summed E-state index contributed by atoms with van der Waals surface area (Å²) in [6.45, 7) is 1.96. The van der Waals surface area contributed by atoms with E-state index in [9.17, 15) is 4.39 Å². The summed E-state index contributed by atoms with van der Waals surface area (Å²) in [6.07, 6.45) is 1.15. The van der Waals surface area contributed by atoms with Crippen LogP contribution in [0.4, 0.5) is 4.39 Å². The SMILES string of the molecule is Cc1c(CCC#N)c2cccc(F)c2n1C. The molecule has 0 aliphatic heterocycles. The second-order valence-corrected chi connectivity index (χ2v) is 3.92. The lowest BCUT2D eigenvalue weighted by Crippen LogP contribution is -1.93. The van der Waals surface area contributed by atoms with Gasteiger partial charge in [0.05, 0.1) is 11.6 Å². The van der Waals surface area contributed by atoms with Gasteiger partial charge < -0.3 is 4.57 Å². The Bertz CT molecular complexity index is 576. The fourth-order valence-corrected chi connectivity index (χ4v) is 2.16. The van der Waals surface area contributed by atoms with Crippen molar-refractivity contribution in [2.45, 2.75) is 19.8 Å². The lowest BCUT2D eigenvalue weighted by Gasteiger charge is -1.99. The molecule has 0 amide bonds. The van der Waals surface area contributed by atoms with Gasteiger partial charge in [0.1, 0.15) is 5.82 Å². The van der Waals surface area contributed by atoms with Crippen LogP contribution in [-0.4, -0.2) is 4.57 Å². The Morgan fingerprint density at radius 1 is 1.44 bits per heavy atom. The maximum absolute atomic E-state index is 13.7. The Kier molecular flexibility index (Phi) is 2.66. The van der Waals surface area contributed by atoms with Gasteiger partial charge in [-0.15, -0.1) is 0 Å². The Labute approximate surface area is 93.9 Å². The van der Waals surface area contributed by atoms with Crippen molar-refractivity contribution >= 4 is 10.9 Å². The highest BCUT2D eigenvalue weighted by molar-refractivity contribution is 5.86. The van der Waals surface area contributed by atoms with E-state index < -0.39 is 0 Å². The number of nitrogens with zero attached hydrogens (tertiary/aromatic N) is 2. The van der Waals surface area contributed by atoms with Crippen LogP contribution >= 0.6 is 0 Å². The van der Waals surface area contributed by atoms with E-state index in [-0.39, 0.29) is 5.82 Å². The molecule has 1 aromatic heterocycles. The first kappa shape index (κ1) is 10.7. The van der Waals surface area contributed by atoms with Crippen LogP contribution in [0, 0.1) is 24.1 Å². The van der Waals surface area contributed by atoms with E-state index in [1.165, 1.54) is 6.07 Å². The van der Waals surface area contributed by atoms with Crippen LogP contribution in [0.25, 0.3) is 10.9 Å². The molecule has 2 nitrogen and oxygen atoms in total. The first-order valence-electron chi connectivity index (χ1n) is 5.26. The lowest BCUT2D eigenvalue weighted by atomic mass is 10.1. The van der Waals surface area contributed by atoms with Gasteiger partial charge in [-0.2, -0.15) is 5.26 Å². The number of nitriles is 1. The van der Waals surface area contributed by atoms with E-state index in [1.807, 2.05) is 24.6 Å². The Balaban J connectivity index is 2.70. The quantitative estimate of drug-likeness (QED) is 0.758. The van der Waals surface area contributed by atoms with Gasteiger partial charge in [0.2, 0.25) is 0 Å². The minimum Gasteiger partial charge on any atom is -0.345 e. The molecule has 16 heavy (non-hydrogen) atoms. The topological polar surface area (TPSA) is 28.7 Å². The minimum atomic E-state index is -0.202. The monoisotopic (exact) mass is 216 g/mol. The number of fused-ring (bicyclic) bond motifs is 1. The van der Waals surface area contributed by atoms with E-state index in [2.05, 4.69) is 6.07 Å². The van der Waals surface area contributed by atoms with Crippen LogP contribution in [0.5, 0.6) is 0 Å². The molecule has 2 aromatic rings. The summed E-state index contributed by atoms with van der Waals surface area (Å²) in [5.74, 6) is -0.202. The second-order valence-electron chi connectivity index (χ2n) is 3.92. The van der Waals surface area contributed by atoms with Crippen LogP contribution in [0.15, 0.2) is 18.2 Å². The maximum Gasteiger partial charge on any atom is 0.147 e. The van der Waals surface area contributed by atoms with Crippen LogP contribution < -0.4 is 0 Å². The third-order valence-electron chi connectivity index (χ3n) is 3.07. The van der Waals surface area contributed by atoms with Crippen molar-refractivity contribution in [3.8, 4) is 6.07 Å². The fourth-order valence-electron chi connectivity index (χ4n) is 2.16. The number of hydrogen-bond donors (Lipinski definition) is 0. The van der Waals surface area contributed by atoms with Crippen LogP contribution in [0.1, 0.15) is 17.7 Å². The fraction of sp³-hybridized carbons (Fsp3) is 0.308. The van der Waals surface area contributed by atoms with E-state index in [4.69, 9.17) is 5.26 Å². The van der Waals surface area contributed by atoms with Crippen molar-refractivity contribution in [1.29, 1.82) is 5.26 Å². The summed E-state index contributed by atoms with van der Waals surface area (Å²) in [5, 5.41) is 9.55. The molecule has 0 fully saturated rings. The molecule has 0 spiro atoms. The summed E-state index contributed by atoms with van der Waals surface area (Å²) >= 11 is 0. The molecule has 0 aliphatic carbocycles. The van der Waals surface area contributed by atoms with Crippen molar-refractivity contribution in [2.24, 2.45) is 7.05 Å². The van der Waals surface area contributed by atoms with Gasteiger partial charge in [0, 0.05) is 24.5 Å². The van der Waals surface area contributed by atoms with E-state index in [0.717, 1.165) is 16.6 Å². The molecule has 82 valence electrons. The van der Waals surface area contributed by atoms with Crippen molar-refractivity contribution < 1.29 is 4.39 Å². The molecule has 0 aliphatic rings. The summed E-state index contributed by atoms with van der Waals surface area (Å²) in [5.41, 5.74) is 2.75. The molecule has 0 radical (unpaired) electrons. The Hall–Kier alpha value is -1.82. The summed E-state index contributed by atoms with van der Waals surface area (Å²) in [7, 11) is 1.86. The van der Waals surface area contributed by atoms with Crippen molar-refractivity contribution in [2.75, 3.05) is 0 Å². The number of hydrogen-bond acceptors (Lipinski definition) is 1. The number of halogens is 1. The van der Waals surface area contributed by atoms with E-state index >= 15 is 0 Å². The molecule has 0 bridgehead atoms. The van der Waals surface area contributed by atoms with Crippen molar-refractivity contribution in [1.82, 2.24) is 4.57 Å². The zero-order chi connectivity index (χ0) is 11.7. The number of benzene rings is 1. The zero-order valence-electron chi connectivity index (χ0n) is 9.42. The summed E-state index contributed by atoms with van der Waals surface area (Å²) in [6, 6.07) is 7.23. The molecule has 1 heterocycles. The highest BCUT2D eigenvalue weighted by atomic mass is 19.1. The van der Waals surface area contributed by atoms with Crippen LogP contribution in [0.2, 0.25) is 0 Å². The Morgan fingerprint density at radius 2 is 2.19 bits per heavy atom. The summed E-state index contributed by atoms with van der Waals surface area (Å²) in [4.78, 5) is 0. The molecular weight excluding hydrogens is 203 g/mol.